The lowest BCUT2D eigenvalue weighted by Crippen LogP contribution is -2.41. The molecule has 2 aliphatic heterocycles. The molecule has 2 aromatic rings. The van der Waals surface area contributed by atoms with E-state index in [0.717, 1.165) is 44.5 Å². The number of piperidine rings is 1. The van der Waals surface area contributed by atoms with Gasteiger partial charge in [-0.3, -0.25) is 4.68 Å². The fourth-order valence-corrected chi connectivity index (χ4v) is 4.88. The van der Waals surface area contributed by atoms with Gasteiger partial charge in [0.2, 0.25) is 16.8 Å². The molecular formula is C21H31FN6O3S. The van der Waals surface area contributed by atoms with E-state index in [2.05, 4.69) is 39.3 Å². The Bertz CT molecular complexity index is 964. The summed E-state index contributed by atoms with van der Waals surface area (Å²) in [5.74, 6) is 0.560. The Morgan fingerprint density at radius 2 is 1.94 bits per heavy atom. The van der Waals surface area contributed by atoms with Gasteiger partial charge in [-0.05, 0) is 43.6 Å². The molecule has 1 fully saturated rings. The highest BCUT2D eigenvalue weighted by Crippen LogP contribution is 2.32. The number of aryl methyl sites for hydroxylation is 1. The van der Waals surface area contributed by atoms with Crippen molar-refractivity contribution in [3.05, 3.63) is 35.7 Å². The summed E-state index contributed by atoms with van der Waals surface area (Å²) < 4.78 is 46.2. The van der Waals surface area contributed by atoms with Crippen molar-refractivity contribution in [2.24, 2.45) is 5.92 Å². The first-order valence-electron chi connectivity index (χ1n) is 11.2. The number of thiol groups is 1. The molecule has 0 aromatic carbocycles. The van der Waals surface area contributed by atoms with E-state index in [9.17, 15) is 12.8 Å². The van der Waals surface area contributed by atoms with Crippen LogP contribution in [0.15, 0.2) is 18.5 Å². The molecule has 0 radical (unpaired) electrons. The molecule has 2 unspecified atom stereocenters. The highest BCUT2D eigenvalue weighted by molar-refractivity contribution is 7.70. The maximum atomic E-state index is 13.1. The Kier molecular flexibility index (Phi) is 7.37. The molecule has 9 nitrogen and oxygen atoms in total. The van der Waals surface area contributed by atoms with Crippen LogP contribution in [0.1, 0.15) is 56.5 Å². The number of nitrogens with one attached hydrogen (secondary N) is 1. The van der Waals surface area contributed by atoms with Gasteiger partial charge in [0, 0.05) is 25.3 Å². The fraction of sp³-hybridized carbons (Fsp3) is 0.667. The smallest absolute Gasteiger partial charge is 0.225 e. The minimum Gasteiger partial charge on any atom is -0.376 e. The third kappa shape index (κ3) is 5.44. The normalized spacial score (nSPS) is 22.0. The molecule has 4 heterocycles. The number of rotatable bonds is 8. The lowest BCUT2D eigenvalue weighted by molar-refractivity contribution is -0.000903. The van der Waals surface area contributed by atoms with Crippen molar-refractivity contribution in [2.45, 2.75) is 57.6 Å². The van der Waals surface area contributed by atoms with Crippen molar-refractivity contribution < 1.29 is 17.5 Å². The van der Waals surface area contributed by atoms with Crippen LogP contribution in [0.25, 0.3) is 0 Å². The predicted octanol–water partition coefficient (Wildman–Crippen LogP) is 1.84. The summed E-state index contributed by atoms with van der Waals surface area (Å²) in [6.07, 6.45) is 5.90. The molecule has 0 amide bonds. The first-order valence-corrected chi connectivity index (χ1v) is 12.4. The number of halogens is 1. The molecule has 1 N–H and O–H groups in total. The summed E-state index contributed by atoms with van der Waals surface area (Å²) in [6, 6.07) is 2.16. The van der Waals surface area contributed by atoms with Crippen molar-refractivity contribution in [1.82, 2.24) is 24.5 Å². The molecule has 2 aromatic heterocycles. The number of fused-ring (bicyclic) bond motifs is 1. The van der Waals surface area contributed by atoms with Gasteiger partial charge in [-0.1, -0.05) is 13.8 Å². The fourth-order valence-electron chi connectivity index (χ4n) is 4.50. The summed E-state index contributed by atoms with van der Waals surface area (Å²) in [7, 11) is -2.63. The van der Waals surface area contributed by atoms with Gasteiger partial charge in [0.25, 0.3) is 0 Å². The van der Waals surface area contributed by atoms with Gasteiger partial charge in [0.1, 0.15) is 0 Å². The summed E-state index contributed by atoms with van der Waals surface area (Å²) >= 11 is 0. The van der Waals surface area contributed by atoms with E-state index in [0.29, 0.717) is 25.0 Å². The first kappa shape index (κ1) is 23.1. The molecule has 0 aliphatic carbocycles. The van der Waals surface area contributed by atoms with Crippen molar-refractivity contribution in [3.63, 3.8) is 0 Å². The Labute approximate surface area is 189 Å². The number of nitrogens with zero attached hydrogens (tertiary/aromatic N) is 5. The van der Waals surface area contributed by atoms with Crippen LogP contribution in [-0.4, -0.2) is 60.5 Å². The quantitative estimate of drug-likeness (QED) is 0.573. The third-order valence-electron chi connectivity index (χ3n) is 6.37. The van der Waals surface area contributed by atoms with Gasteiger partial charge >= 0.3 is 0 Å². The number of aromatic nitrogens is 4. The lowest BCUT2D eigenvalue weighted by atomic mass is 9.90. The number of anilines is 1. The van der Waals surface area contributed by atoms with Crippen LogP contribution >= 0.6 is 0 Å². The van der Waals surface area contributed by atoms with Crippen LogP contribution < -0.4 is 9.62 Å². The third-order valence-corrected chi connectivity index (χ3v) is 6.81. The zero-order valence-electron chi connectivity index (χ0n) is 18.5. The molecule has 32 heavy (non-hydrogen) atoms. The SMILES string of the molecule is CC(C)c1cc2n(n1)C(COC1CCN(c3ncc(F)cn3)CC1)C(CN[SH](=O)=O)CC2. The Morgan fingerprint density at radius 3 is 2.59 bits per heavy atom. The van der Waals surface area contributed by atoms with Gasteiger partial charge < -0.3 is 9.64 Å². The van der Waals surface area contributed by atoms with Crippen molar-refractivity contribution in [1.29, 1.82) is 0 Å². The molecule has 2 atom stereocenters. The lowest BCUT2D eigenvalue weighted by Gasteiger charge is -2.36. The Morgan fingerprint density at radius 1 is 1.22 bits per heavy atom. The average molecular weight is 467 g/mol. The van der Waals surface area contributed by atoms with Crippen LogP contribution in [0.4, 0.5) is 10.3 Å². The van der Waals surface area contributed by atoms with Gasteiger partial charge in [0.05, 0.1) is 36.8 Å². The molecule has 1 saturated heterocycles. The molecular weight excluding hydrogens is 435 g/mol. The summed E-state index contributed by atoms with van der Waals surface area (Å²) in [4.78, 5) is 10.2. The van der Waals surface area contributed by atoms with E-state index in [1.807, 2.05) is 4.90 Å². The van der Waals surface area contributed by atoms with Crippen molar-refractivity contribution >= 4 is 16.8 Å². The number of hydrogen-bond acceptors (Lipinski definition) is 7. The van der Waals surface area contributed by atoms with Gasteiger partial charge in [-0.2, -0.15) is 5.10 Å². The second-order valence-electron chi connectivity index (χ2n) is 8.87. The molecule has 11 heteroatoms. The Balaban J connectivity index is 1.39. The van der Waals surface area contributed by atoms with E-state index < -0.39 is 16.7 Å². The van der Waals surface area contributed by atoms with E-state index in [-0.39, 0.29) is 18.1 Å². The van der Waals surface area contributed by atoms with E-state index >= 15 is 0 Å². The standard InChI is InChI=1S/C21H31FN6O3S/c1-14(2)19-9-17-4-3-15(10-25-32(29)30)20(28(17)26-19)13-31-18-5-7-27(8-6-18)21-23-11-16(22)12-24-21/h9,11-12,14-15,18,20,32H,3-8,10,13H2,1-2H3,(H,25,29,30). The van der Waals surface area contributed by atoms with Crippen molar-refractivity contribution in [2.75, 3.05) is 31.1 Å². The monoisotopic (exact) mass is 466 g/mol. The average Bonchev–Trinajstić information content (AvgIpc) is 3.22. The molecule has 2 aliphatic rings. The van der Waals surface area contributed by atoms with E-state index in [4.69, 9.17) is 9.84 Å². The maximum Gasteiger partial charge on any atom is 0.225 e. The minimum absolute atomic E-state index is 0.00726. The van der Waals surface area contributed by atoms with Crippen molar-refractivity contribution in [3.8, 4) is 0 Å². The maximum absolute atomic E-state index is 13.1. The van der Waals surface area contributed by atoms with Crippen LogP contribution in [0, 0.1) is 11.7 Å². The van der Waals surface area contributed by atoms with Gasteiger partial charge in [-0.25, -0.2) is 27.5 Å². The summed E-state index contributed by atoms with van der Waals surface area (Å²) in [6.45, 7) is 6.62. The van der Waals surface area contributed by atoms with E-state index in [1.165, 1.54) is 18.1 Å². The zero-order valence-corrected chi connectivity index (χ0v) is 19.4. The van der Waals surface area contributed by atoms with Crippen LogP contribution in [0.3, 0.4) is 0 Å². The summed E-state index contributed by atoms with van der Waals surface area (Å²) in [5, 5.41) is 4.83. The zero-order chi connectivity index (χ0) is 22.7. The number of ether oxygens (including phenoxy) is 1. The van der Waals surface area contributed by atoms with Crippen LogP contribution in [0.2, 0.25) is 0 Å². The van der Waals surface area contributed by atoms with Crippen LogP contribution in [0.5, 0.6) is 0 Å². The van der Waals surface area contributed by atoms with Gasteiger partial charge in [-0.15, -0.1) is 0 Å². The topological polar surface area (TPSA) is 102 Å². The largest absolute Gasteiger partial charge is 0.376 e. The highest BCUT2D eigenvalue weighted by Gasteiger charge is 2.32. The second-order valence-corrected chi connectivity index (χ2v) is 9.70. The molecule has 4 rings (SSSR count). The summed E-state index contributed by atoms with van der Waals surface area (Å²) in [5.41, 5.74) is 2.24. The second kappa shape index (κ2) is 10.2. The van der Waals surface area contributed by atoms with Crippen LogP contribution in [-0.2, 0) is 22.0 Å². The molecule has 0 saturated carbocycles. The Hall–Kier alpha value is -2.11. The first-order chi connectivity index (χ1) is 15.4. The van der Waals surface area contributed by atoms with E-state index in [1.54, 1.807) is 0 Å². The molecule has 0 spiro atoms. The molecule has 176 valence electrons. The predicted molar refractivity (Wildman–Crippen MR) is 119 cm³/mol. The molecule has 0 bridgehead atoms. The van der Waals surface area contributed by atoms with Gasteiger partial charge in [0.15, 0.2) is 5.82 Å². The number of hydrogen-bond donors (Lipinski definition) is 2. The highest BCUT2D eigenvalue weighted by atomic mass is 32.2. The minimum atomic E-state index is -2.63.